The molecule has 0 saturated carbocycles. The van der Waals surface area contributed by atoms with Crippen molar-refractivity contribution in [3.8, 4) is 28.0 Å². The van der Waals surface area contributed by atoms with Crippen LogP contribution in [-0.2, 0) is 22.6 Å². The van der Waals surface area contributed by atoms with Crippen molar-refractivity contribution in [2.75, 3.05) is 21.3 Å². The summed E-state index contributed by atoms with van der Waals surface area (Å²) in [5.74, 6) is 1.82. The summed E-state index contributed by atoms with van der Waals surface area (Å²) >= 11 is 1.53. The number of ether oxygens (including phenoxy) is 4. The molecule has 0 amide bonds. The van der Waals surface area contributed by atoms with E-state index >= 15 is 0 Å². The zero-order chi connectivity index (χ0) is 19.9. The SMILES string of the molecule is COc1cc(CCC(=O)OCc2coc(-c3cccs3)n2)cc(OC)c1OC. The van der Waals surface area contributed by atoms with Crippen molar-refractivity contribution in [3.63, 3.8) is 0 Å². The molecule has 3 aromatic rings. The van der Waals surface area contributed by atoms with Crippen LogP contribution in [0.15, 0.2) is 40.3 Å². The van der Waals surface area contributed by atoms with Gasteiger partial charge in [-0.15, -0.1) is 11.3 Å². The Kier molecular flexibility index (Phi) is 6.54. The standard InChI is InChI=1S/C20H21NO6S/c1-23-15-9-13(10-16(24-2)19(15)25-3)6-7-18(22)26-11-14-12-27-20(21-14)17-5-4-8-28-17/h4-5,8-10,12H,6-7,11H2,1-3H3. The lowest BCUT2D eigenvalue weighted by Gasteiger charge is -2.14. The zero-order valence-electron chi connectivity index (χ0n) is 15.9. The predicted molar refractivity (Wildman–Crippen MR) is 104 cm³/mol. The molecular weight excluding hydrogens is 382 g/mol. The van der Waals surface area contributed by atoms with E-state index in [2.05, 4.69) is 4.98 Å². The number of rotatable bonds is 9. The van der Waals surface area contributed by atoms with Gasteiger partial charge in [-0.1, -0.05) is 6.07 Å². The fourth-order valence-electron chi connectivity index (χ4n) is 2.64. The maximum atomic E-state index is 12.1. The van der Waals surface area contributed by atoms with Gasteiger partial charge in [0.15, 0.2) is 11.5 Å². The van der Waals surface area contributed by atoms with Gasteiger partial charge in [0.1, 0.15) is 18.6 Å². The molecule has 0 bridgehead atoms. The lowest BCUT2D eigenvalue weighted by atomic mass is 10.1. The van der Waals surface area contributed by atoms with Crippen LogP contribution >= 0.6 is 11.3 Å². The van der Waals surface area contributed by atoms with E-state index in [1.165, 1.54) is 17.6 Å². The number of aryl methyl sites for hydroxylation is 1. The van der Waals surface area contributed by atoms with Crippen LogP contribution in [-0.4, -0.2) is 32.3 Å². The van der Waals surface area contributed by atoms with Crippen LogP contribution in [0.1, 0.15) is 17.7 Å². The lowest BCUT2D eigenvalue weighted by molar-refractivity contribution is -0.145. The number of esters is 1. The Hall–Kier alpha value is -3.00. The van der Waals surface area contributed by atoms with Crippen molar-refractivity contribution in [2.45, 2.75) is 19.4 Å². The summed E-state index contributed by atoms with van der Waals surface area (Å²) in [6.07, 6.45) is 2.20. The highest BCUT2D eigenvalue weighted by atomic mass is 32.1. The van der Waals surface area contributed by atoms with E-state index in [4.69, 9.17) is 23.4 Å². The second kappa shape index (κ2) is 9.27. The van der Waals surface area contributed by atoms with Gasteiger partial charge in [0, 0.05) is 6.42 Å². The number of carbonyl (C=O) groups is 1. The van der Waals surface area contributed by atoms with Crippen LogP contribution in [0.3, 0.4) is 0 Å². The van der Waals surface area contributed by atoms with E-state index in [0.29, 0.717) is 35.3 Å². The Morgan fingerprint density at radius 1 is 1.14 bits per heavy atom. The molecule has 3 rings (SSSR count). The summed E-state index contributed by atoms with van der Waals surface area (Å²) in [6.45, 7) is 0.0724. The lowest BCUT2D eigenvalue weighted by Crippen LogP contribution is -2.06. The van der Waals surface area contributed by atoms with Crippen molar-refractivity contribution >= 4 is 17.3 Å². The predicted octanol–water partition coefficient (Wildman–Crippen LogP) is 4.10. The van der Waals surface area contributed by atoms with E-state index in [1.54, 1.807) is 21.3 Å². The highest BCUT2D eigenvalue weighted by Gasteiger charge is 2.15. The summed E-state index contributed by atoms with van der Waals surface area (Å²) < 4.78 is 26.7. The van der Waals surface area contributed by atoms with Gasteiger partial charge in [-0.05, 0) is 35.6 Å². The summed E-state index contributed by atoms with van der Waals surface area (Å²) in [6, 6.07) is 7.48. The fourth-order valence-corrected chi connectivity index (χ4v) is 3.29. The minimum atomic E-state index is -0.325. The molecule has 2 aromatic heterocycles. The topological polar surface area (TPSA) is 80.0 Å². The molecule has 0 spiro atoms. The highest BCUT2D eigenvalue weighted by molar-refractivity contribution is 7.13. The zero-order valence-corrected chi connectivity index (χ0v) is 16.7. The maximum absolute atomic E-state index is 12.1. The van der Waals surface area contributed by atoms with Crippen LogP contribution in [0.4, 0.5) is 0 Å². The molecule has 0 N–H and O–H groups in total. The molecule has 0 atom stereocenters. The number of hydrogen-bond donors (Lipinski definition) is 0. The largest absolute Gasteiger partial charge is 0.493 e. The van der Waals surface area contributed by atoms with Gasteiger partial charge in [0.2, 0.25) is 11.6 Å². The van der Waals surface area contributed by atoms with E-state index < -0.39 is 0 Å². The third kappa shape index (κ3) is 4.64. The number of methoxy groups -OCH3 is 3. The monoisotopic (exact) mass is 403 g/mol. The van der Waals surface area contributed by atoms with Crippen molar-refractivity contribution in [2.24, 2.45) is 0 Å². The molecule has 0 radical (unpaired) electrons. The molecular formula is C20H21NO6S. The number of carbonyl (C=O) groups excluding carboxylic acids is 1. The molecule has 0 fully saturated rings. The minimum Gasteiger partial charge on any atom is -0.493 e. The van der Waals surface area contributed by atoms with Crippen LogP contribution in [0.2, 0.25) is 0 Å². The van der Waals surface area contributed by atoms with Crippen LogP contribution in [0.5, 0.6) is 17.2 Å². The Bertz CT molecular complexity index is 894. The summed E-state index contributed by atoms with van der Waals surface area (Å²) in [7, 11) is 4.65. The quantitative estimate of drug-likeness (QED) is 0.498. The van der Waals surface area contributed by atoms with Gasteiger partial charge in [-0.2, -0.15) is 0 Å². The third-order valence-corrected chi connectivity index (χ3v) is 4.86. The fraction of sp³-hybridized carbons (Fsp3) is 0.300. The Balaban J connectivity index is 1.54. The van der Waals surface area contributed by atoms with Crippen molar-refractivity contribution in [3.05, 3.63) is 47.2 Å². The number of benzene rings is 1. The first-order valence-corrected chi connectivity index (χ1v) is 9.45. The molecule has 28 heavy (non-hydrogen) atoms. The molecule has 0 aliphatic rings. The van der Waals surface area contributed by atoms with Gasteiger partial charge in [-0.25, -0.2) is 4.98 Å². The number of thiophene rings is 1. The number of hydrogen-bond acceptors (Lipinski definition) is 8. The minimum absolute atomic E-state index is 0.0724. The van der Waals surface area contributed by atoms with Gasteiger partial charge < -0.3 is 23.4 Å². The Labute approximate surface area is 166 Å². The molecule has 8 heteroatoms. The molecule has 0 unspecified atom stereocenters. The third-order valence-electron chi connectivity index (χ3n) is 4.01. The van der Waals surface area contributed by atoms with Crippen molar-refractivity contribution in [1.29, 1.82) is 0 Å². The Morgan fingerprint density at radius 3 is 2.50 bits per heavy atom. The highest BCUT2D eigenvalue weighted by Crippen LogP contribution is 2.38. The summed E-state index contributed by atoms with van der Waals surface area (Å²) in [5, 5.41) is 1.95. The smallest absolute Gasteiger partial charge is 0.306 e. The second-order valence-electron chi connectivity index (χ2n) is 5.82. The van der Waals surface area contributed by atoms with Gasteiger partial charge in [-0.3, -0.25) is 4.79 Å². The van der Waals surface area contributed by atoms with Crippen LogP contribution < -0.4 is 14.2 Å². The van der Waals surface area contributed by atoms with Gasteiger partial charge >= 0.3 is 5.97 Å². The molecule has 1 aromatic carbocycles. The summed E-state index contributed by atoms with van der Waals surface area (Å²) in [4.78, 5) is 17.3. The summed E-state index contributed by atoms with van der Waals surface area (Å²) in [5.41, 5.74) is 1.46. The first-order valence-electron chi connectivity index (χ1n) is 8.57. The number of oxazole rings is 1. The van der Waals surface area contributed by atoms with E-state index in [1.807, 2.05) is 29.6 Å². The van der Waals surface area contributed by atoms with Crippen LogP contribution in [0.25, 0.3) is 10.8 Å². The first-order chi connectivity index (χ1) is 13.6. The van der Waals surface area contributed by atoms with Crippen molar-refractivity contribution < 1.29 is 28.2 Å². The van der Waals surface area contributed by atoms with Crippen molar-refractivity contribution in [1.82, 2.24) is 4.98 Å². The molecule has 7 nitrogen and oxygen atoms in total. The molecule has 0 aliphatic carbocycles. The maximum Gasteiger partial charge on any atom is 0.306 e. The van der Waals surface area contributed by atoms with Crippen LogP contribution in [0, 0.1) is 0 Å². The molecule has 2 heterocycles. The van der Waals surface area contributed by atoms with E-state index in [0.717, 1.165) is 10.4 Å². The van der Waals surface area contributed by atoms with Gasteiger partial charge in [0.05, 0.1) is 26.2 Å². The number of aromatic nitrogens is 1. The molecule has 148 valence electrons. The molecule has 0 aliphatic heterocycles. The van der Waals surface area contributed by atoms with E-state index in [-0.39, 0.29) is 19.0 Å². The van der Waals surface area contributed by atoms with E-state index in [9.17, 15) is 4.79 Å². The first kappa shape index (κ1) is 19.8. The normalized spacial score (nSPS) is 10.5. The molecule has 0 saturated heterocycles. The average Bonchev–Trinajstić information content (AvgIpc) is 3.41. The number of nitrogens with zero attached hydrogens (tertiary/aromatic N) is 1. The van der Waals surface area contributed by atoms with Gasteiger partial charge in [0.25, 0.3) is 0 Å². The second-order valence-corrected chi connectivity index (χ2v) is 6.76. The average molecular weight is 403 g/mol. The Morgan fingerprint density at radius 2 is 1.89 bits per heavy atom.